The van der Waals surface area contributed by atoms with E-state index < -0.39 is 11.6 Å². The second-order valence-electron chi connectivity index (χ2n) is 4.29. The molecule has 0 amide bonds. The molecule has 1 aromatic carbocycles. The number of piperidine rings is 1. The van der Waals surface area contributed by atoms with Gasteiger partial charge in [0.25, 0.3) is 0 Å². The van der Waals surface area contributed by atoms with Crippen molar-refractivity contribution in [1.82, 2.24) is 5.32 Å². The Labute approximate surface area is 88.5 Å². The van der Waals surface area contributed by atoms with Crippen LogP contribution >= 0.6 is 0 Å². The van der Waals surface area contributed by atoms with Gasteiger partial charge in [-0.1, -0.05) is 19.1 Å². The van der Waals surface area contributed by atoms with E-state index in [9.17, 15) is 8.78 Å². The van der Waals surface area contributed by atoms with Crippen LogP contribution in [0.3, 0.4) is 0 Å². The largest absolute Gasteiger partial charge is 0.310 e. The Morgan fingerprint density at radius 1 is 1.27 bits per heavy atom. The van der Waals surface area contributed by atoms with Gasteiger partial charge in [0.15, 0.2) is 11.6 Å². The summed E-state index contributed by atoms with van der Waals surface area (Å²) in [6.07, 6.45) is 1.94. The predicted molar refractivity (Wildman–Crippen MR) is 55.5 cm³/mol. The van der Waals surface area contributed by atoms with E-state index in [-0.39, 0.29) is 6.04 Å². The molecule has 15 heavy (non-hydrogen) atoms. The SMILES string of the molecule is CC1CCC(c2cccc(F)c2F)NC1. The fourth-order valence-electron chi connectivity index (χ4n) is 2.05. The van der Waals surface area contributed by atoms with E-state index in [4.69, 9.17) is 0 Å². The van der Waals surface area contributed by atoms with Crippen LogP contribution in [0.25, 0.3) is 0 Å². The minimum atomic E-state index is -0.757. The minimum Gasteiger partial charge on any atom is -0.310 e. The van der Waals surface area contributed by atoms with Crippen LogP contribution in [0.1, 0.15) is 31.4 Å². The summed E-state index contributed by atoms with van der Waals surface area (Å²) in [7, 11) is 0. The quantitative estimate of drug-likeness (QED) is 0.753. The monoisotopic (exact) mass is 211 g/mol. The molecule has 3 heteroatoms. The number of benzene rings is 1. The summed E-state index contributed by atoms with van der Waals surface area (Å²) in [5.74, 6) is -0.838. The highest BCUT2D eigenvalue weighted by Gasteiger charge is 2.22. The summed E-state index contributed by atoms with van der Waals surface area (Å²) in [5, 5.41) is 3.25. The third-order valence-electron chi connectivity index (χ3n) is 3.02. The molecule has 0 radical (unpaired) electrons. The maximum atomic E-state index is 13.5. The Kier molecular flexibility index (Phi) is 3.00. The van der Waals surface area contributed by atoms with Gasteiger partial charge in [-0.3, -0.25) is 0 Å². The second-order valence-corrected chi connectivity index (χ2v) is 4.29. The highest BCUT2D eigenvalue weighted by Crippen LogP contribution is 2.27. The summed E-state index contributed by atoms with van der Waals surface area (Å²) < 4.78 is 26.5. The van der Waals surface area contributed by atoms with Crippen molar-refractivity contribution in [3.8, 4) is 0 Å². The predicted octanol–water partition coefficient (Wildman–Crippen LogP) is 3.03. The average molecular weight is 211 g/mol. The van der Waals surface area contributed by atoms with Gasteiger partial charge in [-0.05, 0) is 31.4 Å². The number of hydrogen-bond acceptors (Lipinski definition) is 1. The van der Waals surface area contributed by atoms with Crippen LogP contribution in [0.5, 0.6) is 0 Å². The molecule has 1 aromatic rings. The molecule has 1 aliphatic rings. The Balaban J connectivity index is 2.19. The van der Waals surface area contributed by atoms with Crippen LogP contribution in [-0.4, -0.2) is 6.54 Å². The molecule has 2 rings (SSSR count). The van der Waals surface area contributed by atoms with E-state index >= 15 is 0 Å². The van der Waals surface area contributed by atoms with Crippen molar-refractivity contribution in [3.05, 3.63) is 35.4 Å². The van der Waals surface area contributed by atoms with E-state index in [1.54, 1.807) is 12.1 Å². The van der Waals surface area contributed by atoms with Crippen molar-refractivity contribution in [3.63, 3.8) is 0 Å². The molecule has 1 heterocycles. The summed E-state index contributed by atoms with van der Waals surface area (Å²) in [6, 6.07) is 4.35. The molecular weight excluding hydrogens is 196 g/mol. The molecule has 1 N–H and O–H groups in total. The molecule has 82 valence electrons. The molecule has 1 nitrogen and oxygen atoms in total. The zero-order valence-corrected chi connectivity index (χ0v) is 8.76. The van der Waals surface area contributed by atoms with E-state index in [0.717, 1.165) is 25.5 Å². The lowest BCUT2D eigenvalue weighted by Gasteiger charge is -2.28. The normalized spacial score (nSPS) is 26.6. The second kappa shape index (κ2) is 4.27. The van der Waals surface area contributed by atoms with Gasteiger partial charge in [0, 0.05) is 11.6 Å². The van der Waals surface area contributed by atoms with E-state index in [0.29, 0.717) is 11.5 Å². The van der Waals surface area contributed by atoms with Crippen LogP contribution in [-0.2, 0) is 0 Å². The zero-order valence-electron chi connectivity index (χ0n) is 8.76. The van der Waals surface area contributed by atoms with Crippen LogP contribution in [0.2, 0.25) is 0 Å². The molecule has 2 unspecified atom stereocenters. The van der Waals surface area contributed by atoms with Crippen LogP contribution in [0, 0.1) is 17.6 Å². The lowest BCUT2D eigenvalue weighted by atomic mass is 9.92. The van der Waals surface area contributed by atoms with Crippen molar-refractivity contribution < 1.29 is 8.78 Å². The fraction of sp³-hybridized carbons (Fsp3) is 0.500. The van der Waals surface area contributed by atoms with Crippen LogP contribution < -0.4 is 5.32 Å². The Morgan fingerprint density at radius 2 is 2.07 bits per heavy atom. The topological polar surface area (TPSA) is 12.0 Å². The average Bonchev–Trinajstić information content (AvgIpc) is 2.24. The summed E-state index contributed by atoms with van der Waals surface area (Å²) in [6.45, 7) is 3.03. The smallest absolute Gasteiger partial charge is 0.163 e. The van der Waals surface area contributed by atoms with E-state index in [1.165, 1.54) is 0 Å². The third-order valence-corrected chi connectivity index (χ3v) is 3.02. The van der Waals surface area contributed by atoms with E-state index in [2.05, 4.69) is 12.2 Å². The van der Waals surface area contributed by atoms with Crippen molar-refractivity contribution in [1.29, 1.82) is 0 Å². The molecule has 2 atom stereocenters. The maximum absolute atomic E-state index is 13.5. The van der Waals surface area contributed by atoms with Gasteiger partial charge < -0.3 is 5.32 Å². The van der Waals surface area contributed by atoms with Crippen LogP contribution in [0.4, 0.5) is 8.78 Å². The maximum Gasteiger partial charge on any atom is 0.163 e. The fourth-order valence-corrected chi connectivity index (χ4v) is 2.05. The summed E-state index contributed by atoms with van der Waals surface area (Å²) in [4.78, 5) is 0. The molecule has 0 aromatic heterocycles. The van der Waals surface area contributed by atoms with Crippen molar-refractivity contribution in [2.24, 2.45) is 5.92 Å². The van der Waals surface area contributed by atoms with Gasteiger partial charge in [0.2, 0.25) is 0 Å². The molecule has 0 bridgehead atoms. The first-order chi connectivity index (χ1) is 7.18. The molecule has 0 aliphatic carbocycles. The third kappa shape index (κ3) is 2.17. The van der Waals surface area contributed by atoms with E-state index in [1.807, 2.05) is 0 Å². The van der Waals surface area contributed by atoms with Crippen molar-refractivity contribution in [2.45, 2.75) is 25.8 Å². The first kappa shape index (κ1) is 10.6. The Bertz CT molecular complexity index is 343. The van der Waals surface area contributed by atoms with Gasteiger partial charge in [-0.15, -0.1) is 0 Å². The number of nitrogens with one attached hydrogen (secondary N) is 1. The molecule has 1 aliphatic heterocycles. The first-order valence-electron chi connectivity index (χ1n) is 5.35. The molecule has 0 saturated carbocycles. The summed E-state index contributed by atoms with van der Waals surface area (Å²) >= 11 is 0. The number of hydrogen-bond donors (Lipinski definition) is 1. The molecular formula is C12H15F2N. The molecule has 1 fully saturated rings. The molecule has 0 spiro atoms. The Hall–Kier alpha value is -0.960. The lowest BCUT2D eigenvalue weighted by molar-refractivity contribution is 0.324. The Morgan fingerprint density at radius 3 is 2.73 bits per heavy atom. The minimum absolute atomic E-state index is 0.0306. The zero-order chi connectivity index (χ0) is 10.8. The highest BCUT2D eigenvalue weighted by molar-refractivity contribution is 5.22. The van der Waals surface area contributed by atoms with Gasteiger partial charge in [-0.25, -0.2) is 8.78 Å². The highest BCUT2D eigenvalue weighted by atomic mass is 19.2. The van der Waals surface area contributed by atoms with Gasteiger partial charge in [-0.2, -0.15) is 0 Å². The van der Waals surface area contributed by atoms with Crippen molar-refractivity contribution in [2.75, 3.05) is 6.54 Å². The van der Waals surface area contributed by atoms with Gasteiger partial charge >= 0.3 is 0 Å². The van der Waals surface area contributed by atoms with Crippen LogP contribution in [0.15, 0.2) is 18.2 Å². The van der Waals surface area contributed by atoms with Gasteiger partial charge in [0.1, 0.15) is 0 Å². The first-order valence-corrected chi connectivity index (χ1v) is 5.35. The summed E-state index contributed by atoms with van der Waals surface area (Å²) in [5.41, 5.74) is 0.460. The van der Waals surface area contributed by atoms with Crippen molar-refractivity contribution >= 4 is 0 Å². The number of halogens is 2. The molecule has 1 saturated heterocycles. The standard InChI is InChI=1S/C12H15F2N/c1-8-5-6-11(15-7-8)9-3-2-4-10(13)12(9)14/h2-4,8,11,15H,5-7H2,1H3. The van der Waals surface area contributed by atoms with Gasteiger partial charge in [0.05, 0.1) is 0 Å². The lowest BCUT2D eigenvalue weighted by Crippen LogP contribution is -2.32. The number of rotatable bonds is 1.